The molecule has 0 saturated carbocycles. The Kier molecular flexibility index (Phi) is 14.2. The standard InChI is InChI=1S/C46H56Cl2N2O5S/c1-8-9-25-49-39-22-20-32(2)28-35(39)45(5,6)41(49)17-12-10-13-18-42-46(7,36-29-33(3)21-23-40(36)50(42)26-16-27-56(52,53)54)24-15-11-14-19-43(51)55-44-37(47)30-34(4)31-38(44)48/h10,12-13,17-18,20-23,28-31H,8-9,11,14-16,19,24-27H2,1-7H3/p+1. The molecule has 5 rings (SSSR count). The zero-order valence-corrected chi connectivity index (χ0v) is 36.3. The minimum Gasteiger partial charge on any atom is -0.423 e. The Bertz CT molecular complexity index is 2160. The van der Waals surface area contributed by atoms with Crippen molar-refractivity contribution in [2.24, 2.45) is 0 Å². The highest BCUT2D eigenvalue weighted by molar-refractivity contribution is 7.85. The van der Waals surface area contributed by atoms with E-state index >= 15 is 0 Å². The van der Waals surface area contributed by atoms with Crippen LogP contribution >= 0.6 is 23.2 Å². The first-order valence-corrected chi connectivity index (χ1v) is 22.1. The molecular weight excluding hydrogens is 763 g/mol. The predicted octanol–water partition coefficient (Wildman–Crippen LogP) is 11.7. The molecule has 2 aliphatic heterocycles. The van der Waals surface area contributed by atoms with Gasteiger partial charge in [-0.05, 0) is 102 Å². The maximum absolute atomic E-state index is 12.7. The molecule has 0 saturated heterocycles. The van der Waals surface area contributed by atoms with Crippen molar-refractivity contribution in [1.29, 1.82) is 0 Å². The van der Waals surface area contributed by atoms with Gasteiger partial charge < -0.3 is 9.64 Å². The summed E-state index contributed by atoms with van der Waals surface area (Å²) in [4.78, 5) is 15.0. The van der Waals surface area contributed by atoms with Crippen molar-refractivity contribution < 1.29 is 27.1 Å². The molecule has 0 spiro atoms. The predicted molar refractivity (Wildman–Crippen MR) is 232 cm³/mol. The van der Waals surface area contributed by atoms with Crippen LogP contribution in [0, 0.1) is 20.8 Å². The fourth-order valence-electron chi connectivity index (χ4n) is 8.15. The number of hydrogen-bond acceptors (Lipinski definition) is 5. The summed E-state index contributed by atoms with van der Waals surface area (Å²) in [7, 11) is -4.10. The number of allylic oxidation sites excluding steroid dienone is 6. The zero-order valence-electron chi connectivity index (χ0n) is 33.9. The quantitative estimate of drug-likeness (QED) is 0.0364. The Morgan fingerprint density at radius 1 is 0.857 bits per heavy atom. The summed E-state index contributed by atoms with van der Waals surface area (Å²) in [6, 6.07) is 16.6. The molecule has 1 unspecified atom stereocenters. The summed E-state index contributed by atoms with van der Waals surface area (Å²) in [5.74, 6) is -0.491. The molecule has 10 heteroatoms. The van der Waals surface area contributed by atoms with Crippen molar-refractivity contribution in [2.75, 3.05) is 23.7 Å². The Labute approximate surface area is 344 Å². The van der Waals surface area contributed by atoms with E-state index in [0.717, 1.165) is 61.2 Å². The topological polar surface area (TPSA) is 86.9 Å². The first-order chi connectivity index (χ1) is 26.5. The monoisotopic (exact) mass is 819 g/mol. The third-order valence-corrected chi connectivity index (χ3v) is 12.5. The Morgan fingerprint density at radius 3 is 2.21 bits per heavy atom. The smallest absolute Gasteiger partial charge is 0.311 e. The summed E-state index contributed by atoms with van der Waals surface area (Å²) < 4.78 is 41.0. The lowest BCUT2D eigenvalue weighted by Crippen LogP contribution is -2.30. The van der Waals surface area contributed by atoms with Gasteiger partial charge in [0.1, 0.15) is 6.54 Å². The molecule has 1 atom stereocenters. The molecule has 0 aliphatic carbocycles. The molecular formula is C46H57Cl2N2O5S+. The zero-order chi connectivity index (χ0) is 40.8. The van der Waals surface area contributed by atoms with Gasteiger partial charge in [0.05, 0.1) is 21.2 Å². The fourth-order valence-corrected chi connectivity index (χ4v) is 9.32. The molecule has 0 aromatic heterocycles. The van der Waals surface area contributed by atoms with Crippen molar-refractivity contribution in [3.63, 3.8) is 0 Å². The molecule has 3 aromatic carbocycles. The van der Waals surface area contributed by atoms with Crippen molar-refractivity contribution >= 4 is 56.4 Å². The Morgan fingerprint density at radius 2 is 1.54 bits per heavy atom. The van der Waals surface area contributed by atoms with Crippen molar-refractivity contribution in [2.45, 2.75) is 111 Å². The highest BCUT2D eigenvalue weighted by atomic mass is 35.5. The molecule has 0 bridgehead atoms. The minimum atomic E-state index is -4.10. The van der Waals surface area contributed by atoms with Crippen molar-refractivity contribution in [1.82, 2.24) is 0 Å². The number of benzene rings is 3. The van der Waals surface area contributed by atoms with Gasteiger partial charge >= 0.3 is 5.97 Å². The third kappa shape index (κ3) is 10.1. The van der Waals surface area contributed by atoms with Crippen LogP contribution in [-0.2, 0) is 25.7 Å². The van der Waals surface area contributed by atoms with Gasteiger partial charge in [-0.25, -0.2) is 0 Å². The van der Waals surface area contributed by atoms with Crippen LogP contribution in [0.5, 0.6) is 5.75 Å². The summed E-state index contributed by atoms with van der Waals surface area (Å²) in [6.45, 7) is 16.6. The van der Waals surface area contributed by atoms with Gasteiger partial charge in [-0.2, -0.15) is 13.0 Å². The maximum Gasteiger partial charge on any atom is 0.311 e. The summed E-state index contributed by atoms with van der Waals surface area (Å²) in [5.41, 5.74) is 9.99. The number of carbonyl (C=O) groups excluding carboxylic acids is 1. The first-order valence-electron chi connectivity index (χ1n) is 19.8. The van der Waals surface area contributed by atoms with Gasteiger partial charge in [0.25, 0.3) is 10.1 Å². The fraction of sp³-hybridized carbons (Fsp3) is 0.435. The molecule has 300 valence electrons. The Balaban J connectivity index is 1.37. The number of halogens is 2. The summed E-state index contributed by atoms with van der Waals surface area (Å²) in [6.07, 6.45) is 16.5. The van der Waals surface area contributed by atoms with E-state index in [-0.39, 0.29) is 41.1 Å². The molecule has 1 N–H and O–H groups in total. The van der Waals surface area contributed by atoms with E-state index < -0.39 is 10.1 Å². The van der Waals surface area contributed by atoms with E-state index in [9.17, 15) is 17.8 Å². The first kappa shape index (κ1) is 43.4. The molecule has 56 heavy (non-hydrogen) atoms. The van der Waals surface area contributed by atoms with Gasteiger partial charge in [0, 0.05) is 53.9 Å². The van der Waals surface area contributed by atoms with Crippen LogP contribution in [-0.4, -0.2) is 48.1 Å². The normalized spacial score (nSPS) is 18.5. The number of carbonyl (C=O) groups is 1. The number of hydrogen-bond donors (Lipinski definition) is 1. The van der Waals surface area contributed by atoms with Crippen LogP contribution in [0.2, 0.25) is 10.0 Å². The number of unbranched alkanes of at least 4 members (excludes halogenated alkanes) is 3. The second kappa shape index (κ2) is 18.3. The average molecular weight is 821 g/mol. The van der Waals surface area contributed by atoms with E-state index in [4.69, 9.17) is 27.9 Å². The molecule has 0 radical (unpaired) electrons. The molecule has 0 amide bonds. The summed E-state index contributed by atoms with van der Waals surface area (Å²) >= 11 is 12.6. The number of esters is 1. The number of aryl methyl sites for hydroxylation is 3. The van der Waals surface area contributed by atoms with Crippen LogP contribution < -0.4 is 9.64 Å². The van der Waals surface area contributed by atoms with Crippen molar-refractivity contribution in [3.8, 4) is 5.75 Å². The maximum atomic E-state index is 12.7. The molecule has 7 nitrogen and oxygen atoms in total. The SMILES string of the molecule is CCCC[N+]1=C(/C=C/C=C/C=C2\N(CCCS(=O)(=O)O)c3ccc(C)cc3C2(C)CCCCCC(=O)Oc2c(Cl)cc(C)cc2Cl)C(C)(C)c2cc(C)ccc21. The minimum absolute atomic E-state index is 0.136. The van der Waals surface area contributed by atoms with E-state index in [1.165, 1.54) is 28.1 Å². The Hall–Kier alpha value is -3.69. The van der Waals surface area contributed by atoms with Gasteiger partial charge in [-0.1, -0.05) is 96.9 Å². The van der Waals surface area contributed by atoms with E-state index in [2.05, 4.69) is 118 Å². The molecule has 2 heterocycles. The van der Waals surface area contributed by atoms with Crippen LogP contribution in [0.4, 0.5) is 11.4 Å². The van der Waals surface area contributed by atoms with E-state index in [1.54, 1.807) is 12.1 Å². The third-order valence-electron chi connectivity index (χ3n) is 11.1. The number of ether oxygens (including phenoxy) is 1. The lowest BCUT2D eigenvalue weighted by molar-refractivity contribution is -0.438. The highest BCUT2D eigenvalue weighted by Gasteiger charge is 2.44. The van der Waals surface area contributed by atoms with Gasteiger partial charge in [-0.3, -0.25) is 9.35 Å². The van der Waals surface area contributed by atoms with E-state index in [0.29, 0.717) is 23.0 Å². The average Bonchev–Trinajstić information content (AvgIpc) is 3.46. The van der Waals surface area contributed by atoms with Crippen LogP contribution in [0.15, 0.2) is 84.6 Å². The lowest BCUT2D eigenvalue weighted by atomic mass is 9.76. The number of rotatable bonds is 17. The number of nitrogens with zero attached hydrogens (tertiary/aromatic N) is 2. The van der Waals surface area contributed by atoms with Crippen LogP contribution in [0.25, 0.3) is 0 Å². The molecule has 0 fully saturated rings. The second-order valence-corrected chi connectivity index (χ2v) is 18.5. The molecule has 2 aliphatic rings. The van der Waals surface area contributed by atoms with E-state index in [1.807, 2.05) is 6.92 Å². The van der Waals surface area contributed by atoms with Crippen molar-refractivity contribution in [3.05, 3.63) is 122 Å². The highest BCUT2D eigenvalue weighted by Crippen LogP contribution is 2.51. The van der Waals surface area contributed by atoms with Crippen LogP contribution in [0.3, 0.4) is 0 Å². The molecule has 3 aromatic rings. The lowest BCUT2D eigenvalue weighted by Gasteiger charge is -2.30. The largest absolute Gasteiger partial charge is 0.423 e. The second-order valence-electron chi connectivity index (χ2n) is 16.1. The van der Waals surface area contributed by atoms with Gasteiger partial charge in [0.15, 0.2) is 11.5 Å². The summed E-state index contributed by atoms with van der Waals surface area (Å²) in [5, 5.41) is 0.624. The van der Waals surface area contributed by atoms with Crippen LogP contribution in [0.1, 0.15) is 107 Å². The number of anilines is 1. The van der Waals surface area contributed by atoms with Gasteiger partial charge in [0.2, 0.25) is 5.69 Å². The number of fused-ring (bicyclic) bond motifs is 2. The van der Waals surface area contributed by atoms with Gasteiger partial charge in [-0.15, -0.1) is 0 Å².